The van der Waals surface area contributed by atoms with Gasteiger partial charge in [-0.2, -0.15) is 0 Å². The molecule has 0 aliphatic heterocycles. The van der Waals surface area contributed by atoms with Crippen LogP contribution in [0.2, 0.25) is 0 Å². The number of rotatable bonds is 6. The number of Topliss-reactive ketones (excluding diaryl/α,β-unsaturated/α-hetero) is 1. The summed E-state index contributed by atoms with van der Waals surface area (Å²) in [4.78, 5) is 39.9. The third-order valence-corrected chi connectivity index (χ3v) is 4.72. The van der Waals surface area contributed by atoms with Crippen LogP contribution in [0.4, 0.5) is 11.4 Å². The molecule has 130 valence electrons. The number of nitro benzene ring substituents is 1. The molecule has 0 bridgehead atoms. The van der Waals surface area contributed by atoms with Crippen LogP contribution < -0.4 is 5.32 Å². The van der Waals surface area contributed by atoms with Gasteiger partial charge in [0, 0.05) is 28.3 Å². The second-order valence-electron chi connectivity index (χ2n) is 4.94. The van der Waals surface area contributed by atoms with Crippen molar-refractivity contribution < 1.29 is 14.5 Å². The highest BCUT2D eigenvalue weighted by molar-refractivity contribution is 7.99. The minimum Gasteiger partial charge on any atom is -0.316 e. The number of ketones is 1. The van der Waals surface area contributed by atoms with Gasteiger partial charge in [-0.05, 0) is 37.6 Å². The first kappa shape index (κ1) is 18.9. The Hall–Kier alpha value is -2.39. The Morgan fingerprint density at radius 1 is 1.16 bits per heavy atom. The highest BCUT2D eigenvalue weighted by Crippen LogP contribution is 2.33. The Morgan fingerprint density at radius 3 is 2.32 bits per heavy atom. The van der Waals surface area contributed by atoms with Gasteiger partial charge in [-0.1, -0.05) is 0 Å². The topological polar surface area (TPSA) is 102 Å². The number of nitrogens with one attached hydrogen (secondary N) is 1. The predicted octanol–water partition coefficient (Wildman–Crippen LogP) is 3.56. The summed E-state index contributed by atoms with van der Waals surface area (Å²) in [5, 5.41) is 13.9. The maximum Gasteiger partial charge on any atom is 0.296 e. The third-order valence-electron chi connectivity index (χ3n) is 3.28. The van der Waals surface area contributed by atoms with Crippen molar-refractivity contribution in [3.63, 3.8) is 0 Å². The summed E-state index contributed by atoms with van der Waals surface area (Å²) in [6.07, 6.45) is 3.70. The van der Waals surface area contributed by atoms with E-state index in [1.807, 2.05) is 25.5 Å². The fraction of sp³-hybridized carbons (Fsp3) is 0.188. The molecule has 2 aromatic rings. The number of non-ortho nitro benzene ring substituents is 1. The number of carbonyl (C=O) groups is 2. The molecule has 0 unspecified atom stereocenters. The molecule has 1 aromatic heterocycles. The van der Waals surface area contributed by atoms with Crippen LogP contribution in [0.5, 0.6) is 0 Å². The standard InChI is InChI=1S/C16H15N3O4S2/c1-9-8-12(24-2)13(16(17-9)25-3)18-15(21)14(20)10-4-6-11(7-5-10)19(22)23/h4-8H,1-3H3,(H,18,21). The number of aromatic nitrogens is 1. The van der Waals surface area contributed by atoms with E-state index >= 15 is 0 Å². The van der Waals surface area contributed by atoms with Gasteiger partial charge in [0.25, 0.3) is 17.4 Å². The van der Waals surface area contributed by atoms with Crippen LogP contribution in [0.3, 0.4) is 0 Å². The quantitative estimate of drug-likeness (QED) is 0.270. The number of benzene rings is 1. The zero-order valence-electron chi connectivity index (χ0n) is 13.7. The Morgan fingerprint density at radius 2 is 1.80 bits per heavy atom. The monoisotopic (exact) mass is 377 g/mol. The molecule has 0 saturated heterocycles. The first-order valence-corrected chi connectivity index (χ1v) is 9.52. The van der Waals surface area contributed by atoms with E-state index in [1.165, 1.54) is 47.8 Å². The van der Waals surface area contributed by atoms with Crippen molar-refractivity contribution in [2.75, 3.05) is 17.8 Å². The molecule has 0 spiro atoms. The lowest BCUT2D eigenvalue weighted by Gasteiger charge is -2.13. The predicted molar refractivity (Wildman–Crippen MR) is 98.6 cm³/mol. The van der Waals surface area contributed by atoms with E-state index in [2.05, 4.69) is 10.3 Å². The van der Waals surface area contributed by atoms with Gasteiger partial charge in [-0.3, -0.25) is 19.7 Å². The van der Waals surface area contributed by atoms with Crippen molar-refractivity contribution in [2.24, 2.45) is 0 Å². The summed E-state index contributed by atoms with van der Waals surface area (Å²) in [6, 6.07) is 6.73. The molecule has 1 amide bonds. The molecule has 2 rings (SSSR count). The van der Waals surface area contributed by atoms with E-state index < -0.39 is 16.6 Å². The fourth-order valence-electron chi connectivity index (χ4n) is 2.08. The Labute approximate surface area is 152 Å². The summed E-state index contributed by atoms with van der Waals surface area (Å²) in [5.74, 6) is -1.58. The first-order valence-electron chi connectivity index (χ1n) is 7.07. The lowest BCUT2D eigenvalue weighted by atomic mass is 10.1. The van der Waals surface area contributed by atoms with Crippen LogP contribution in [0.1, 0.15) is 16.1 Å². The van der Waals surface area contributed by atoms with Gasteiger partial charge >= 0.3 is 0 Å². The van der Waals surface area contributed by atoms with Crippen LogP contribution in [0, 0.1) is 17.0 Å². The minimum absolute atomic E-state index is 0.0829. The molecular weight excluding hydrogens is 362 g/mol. The molecule has 9 heteroatoms. The zero-order valence-corrected chi connectivity index (χ0v) is 15.4. The van der Waals surface area contributed by atoms with Crippen molar-refractivity contribution in [2.45, 2.75) is 16.8 Å². The number of carbonyl (C=O) groups excluding carboxylic acids is 2. The van der Waals surface area contributed by atoms with Crippen molar-refractivity contribution in [1.29, 1.82) is 0 Å². The zero-order chi connectivity index (χ0) is 18.6. The second-order valence-corrected chi connectivity index (χ2v) is 6.58. The molecule has 0 aliphatic rings. The van der Waals surface area contributed by atoms with Gasteiger partial charge in [-0.15, -0.1) is 23.5 Å². The molecule has 1 N–H and O–H groups in total. The number of anilines is 1. The fourth-order valence-corrected chi connectivity index (χ4v) is 3.38. The van der Waals surface area contributed by atoms with E-state index in [4.69, 9.17) is 0 Å². The third kappa shape index (κ3) is 4.37. The highest BCUT2D eigenvalue weighted by atomic mass is 32.2. The van der Waals surface area contributed by atoms with Crippen molar-refractivity contribution >= 4 is 46.6 Å². The van der Waals surface area contributed by atoms with E-state index in [0.29, 0.717) is 10.7 Å². The van der Waals surface area contributed by atoms with Gasteiger partial charge < -0.3 is 5.32 Å². The van der Waals surface area contributed by atoms with E-state index in [1.54, 1.807) is 0 Å². The number of nitro groups is 1. The molecule has 7 nitrogen and oxygen atoms in total. The number of aryl methyl sites for hydroxylation is 1. The Bertz CT molecular complexity index is 813. The van der Waals surface area contributed by atoms with Gasteiger partial charge in [0.1, 0.15) is 5.03 Å². The van der Waals surface area contributed by atoms with E-state index in [0.717, 1.165) is 10.6 Å². The van der Waals surface area contributed by atoms with Crippen LogP contribution in [-0.2, 0) is 4.79 Å². The van der Waals surface area contributed by atoms with Crippen LogP contribution in [-0.4, -0.2) is 34.1 Å². The number of hydrogen-bond acceptors (Lipinski definition) is 7. The second kappa shape index (κ2) is 8.13. The summed E-state index contributed by atoms with van der Waals surface area (Å²) >= 11 is 2.81. The average molecular weight is 377 g/mol. The van der Waals surface area contributed by atoms with Crippen molar-refractivity contribution in [1.82, 2.24) is 4.98 Å². The number of pyridine rings is 1. The molecule has 0 atom stereocenters. The maximum atomic E-state index is 12.3. The first-order chi connectivity index (χ1) is 11.9. The number of hydrogen-bond donors (Lipinski definition) is 1. The van der Waals surface area contributed by atoms with E-state index in [9.17, 15) is 19.7 Å². The summed E-state index contributed by atoms with van der Waals surface area (Å²) < 4.78 is 0. The minimum atomic E-state index is -0.815. The molecule has 1 aromatic carbocycles. The summed E-state index contributed by atoms with van der Waals surface area (Å²) in [6.45, 7) is 1.85. The Balaban J connectivity index is 2.27. The van der Waals surface area contributed by atoms with Crippen LogP contribution in [0.25, 0.3) is 0 Å². The largest absolute Gasteiger partial charge is 0.316 e. The number of nitrogens with zero attached hydrogens (tertiary/aromatic N) is 2. The molecule has 0 fully saturated rings. The van der Waals surface area contributed by atoms with Gasteiger partial charge in [0.15, 0.2) is 0 Å². The molecule has 0 aliphatic carbocycles. The molecule has 0 saturated carbocycles. The molecule has 1 heterocycles. The van der Waals surface area contributed by atoms with Gasteiger partial charge in [0.05, 0.1) is 10.6 Å². The number of thioether (sulfide) groups is 2. The normalized spacial score (nSPS) is 10.4. The molecular formula is C16H15N3O4S2. The Kier molecular flexibility index (Phi) is 6.16. The van der Waals surface area contributed by atoms with Crippen LogP contribution >= 0.6 is 23.5 Å². The summed E-state index contributed by atoms with van der Waals surface area (Å²) in [5.41, 5.74) is 1.24. The number of amides is 1. The lowest BCUT2D eigenvalue weighted by Crippen LogP contribution is -2.23. The highest BCUT2D eigenvalue weighted by Gasteiger charge is 2.21. The van der Waals surface area contributed by atoms with Crippen molar-refractivity contribution in [3.05, 3.63) is 51.7 Å². The smallest absolute Gasteiger partial charge is 0.296 e. The SMILES string of the molecule is CSc1cc(C)nc(SC)c1NC(=O)C(=O)c1ccc([N+](=O)[O-])cc1. The van der Waals surface area contributed by atoms with Gasteiger partial charge in [0.2, 0.25) is 0 Å². The van der Waals surface area contributed by atoms with Crippen LogP contribution in [0.15, 0.2) is 40.3 Å². The lowest BCUT2D eigenvalue weighted by molar-refractivity contribution is -0.384. The summed E-state index contributed by atoms with van der Waals surface area (Å²) in [7, 11) is 0. The average Bonchev–Trinajstić information content (AvgIpc) is 2.61. The van der Waals surface area contributed by atoms with Gasteiger partial charge in [-0.25, -0.2) is 4.98 Å². The van der Waals surface area contributed by atoms with Crippen molar-refractivity contribution in [3.8, 4) is 0 Å². The maximum absolute atomic E-state index is 12.3. The van der Waals surface area contributed by atoms with E-state index in [-0.39, 0.29) is 11.3 Å². The molecule has 25 heavy (non-hydrogen) atoms. The molecule has 0 radical (unpaired) electrons.